The minimum absolute atomic E-state index is 0.217. The molecule has 0 saturated carbocycles. The summed E-state index contributed by atoms with van der Waals surface area (Å²) in [6.07, 6.45) is 3.53. The summed E-state index contributed by atoms with van der Waals surface area (Å²) in [5.41, 5.74) is 5.92. The predicted molar refractivity (Wildman–Crippen MR) is 74.9 cm³/mol. The first-order valence-electron chi connectivity index (χ1n) is 6.62. The summed E-state index contributed by atoms with van der Waals surface area (Å²) < 4.78 is 24.3. The van der Waals surface area contributed by atoms with Gasteiger partial charge in [0.1, 0.15) is 0 Å². The van der Waals surface area contributed by atoms with Gasteiger partial charge in [-0.05, 0) is 31.3 Å². The van der Waals surface area contributed by atoms with Crippen molar-refractivity contribution in [3.05, 3.63) is 0 Å². The monoisotopic (exact) mass is 277 g/mol. The third-order valence-corrected chi connectivity index (χ3v) is 4.98. The maximum absolute atomic E-state index is 11.4. The first-order chi connectivity index (χ1) is 8.24. The molecule has 0 bridgehead atoms. The molecule has 5 nitrogen and oxygen atoms in total. The Bertz CT molecular complexity index is 346. The quantitative estimate of drug-likeness (QED) is 0.760. The van der Waals surface area contributed by atoms with Crippen LogP contribution in [0.4, 0.5) is 0 Å². The maximum Gasteiger partial charge on any atom is 0.211 e. The average Bonchev–Trinajstić information content (AvgIpc) is 2.28. The highest BCUT2D eigenvalue weighted by Crippen LogP contribution is 2.20. The molecule has 0 aliphatic carbocycles. The summed E-state index contributed by atoms with van der Waals surface area (Å²) in [4.78, 5) is 2.34. The van der Waals surface area contributed by atoms with Crippen molar-refractivity contribution in [2.75, 3.05) is 45.5 Å². The molecule has 0 atom stereocenters. The van der Waals surface area contributed by atoms with Crippen LogP contribution < -0.4 is 5.73 Å². The van der Waals surface area contributed by atoms with Crippen LogP contribution in [0.2, 0.25) is 0 Å². The smallest absolute Gasteiger partial charge is 0.211 e. The van der Waals surface area contributed by atoms with Crippen molar-refractivity contribution >= 4 is 10.0 Å². The Balaban J connectivity index is 2.24. The van der Waals surface area contributed by atoms with E-state index in [4.69, 9.17) is 5.73 Å². The molecule has 1 heterocycles. The number of sulfonamides is 1. The number of hydrogen-bond acceptors (Lipinski definition) is 4. The molecule has 1 saturated heterocycles. The van der Waals surface area contributed by atoms with Gasteiger partial charge in [-0.3, -0.25) is 0 Å². The van der Waals surface area contributed by atoms with E-state index in [1.165, 1.54) is 6.26 Å². The fraction of sp³-hybridized carbons (Fsp3) is 1.00. The lowest BCUT2D eigenvalue weighted by atomic mass is 9.88. The molecule has 1 aliphatic rings. The van der Waals surface area contributed by atoms with Crippen molar-refractivity contribution in [3.63, 3.8) is 0 Å². The van der Waals surface area contributed by atoms with E-state index in [0.717, 1.165) is 39.0 Å². The third kappa shape index (κ3) is 5.22. The highest BCUT2D eigenvalue weighted by Gasteiger charge is 2.23. The molecule has 18 heavy (non-hydrogen) atoms. The van der Waals surface area contributed by atoms with Crippen molar-refractivity contribution < 1.29 is 8.42 Å². The summed E-state index contributed by atoms with van der Waals surface area (Å²) in [5.74, 6) is 0. The number of rotatable bonds is 6. The van der Waals surface area contributed by atoms with Crippen molar-refractivity contribution in [3.8, 4) is 0 Å². The molecular formula is C12H27N3O2S. The van der Waals surface area contributed by atoms with E-state index in [1.54, 1.807) is 4.31 Å². The van der Waals surface area contributed by atoms with Crippen LogP contribution in [0.1, 0.15) is 26.7 Å². The van der Waals surface area contributed by atoms with Gasteiger partial charge in [0.25, 0.3) is 0 Å². The topological polar surface area (TPSA) is 66.6 Å². The highest BCUT2D eigenvalue weighted by atomic mass is 32.2. The first-order valence-corrected chi connectivity index (χ1v) is 8.47. The second kappa shape index (κ2) is 6.32. The summed E-state index contributed by atoms with van der Waals surface area (Å²) >= 11 is 0. The fourth-order valence-electron chi connectivity index (χ4n) is 2.17. The molecule has 108 valence electrons. The van der Waals surface area contributed by atoms with Gasteiger partial charge in [0.2, 0.25) is 10.0 Å². The largest absolute Gasteiger partial charge is 0.330 e. The van der Waals surface area contributed by atoms with Gasteiger partial charge in [-0.1, -0.05) is 13.8 Å². The van der Waals surface area contributed by atoms with Crippen LogP contribution in [0.25, 0.3) is 0 Å². The predicted octanol–water partition coefficient (Wildman–Crippen LogP) is 0.329. The van der Waals surface area contributed by atoms with Gasteiger partial charge >= 0.3 is 0 Å². The second-order valence-corrected chi connectivity index (χ2v) is 7.96. The van der Waals surface area contributed by atoms with Crippen molar-refractivity contribution in [1.29, 1.82) is 0 Å². The van der Waals surface area contributed by atoms with E-state index in [2.05, 4.69) is 18.7 Å². The lowest BCUT2D eigenvalue weighted by Gasteiger charge is -2.33. The summed E-state index contributed by atoms with van der Waals surface area (Å²) in [6.45, 7) is 9.07. The highest BCUT2D eigenvalue weighted by molar-refractivity contribution is 7.88. The van der Waals surface area contributed by atoms with Gasteiger partial charge in [-0.25, -0.2) is 8.42 Å². The van der Waals surface area contributed by atoms with Crippen LogP contribution in [0, 0.1) is 5.41 Å². The van der Waals surface area contributed by atoms with Gasteiger partial charge in [0.05, 0.1) is 6.26 Å². The Kier molecular flexibility index (Phi) is 5.58. The van der Waals surface area contributed by atoms with Gasteiger partial charge < -0.3 is 10.6 Å². The van der Waals surface area contributed by atoms with E-state index in [0.29, 0.717) is 13.1 Å². The Morgan fingerprint density at radius 3 is 2.17 bits per heavy atom. The van der Waals surface area contributed by atoms with E-state index in [9.17, 15) is 8.42 Å². The average molecular weight is 277 g/mol. The minimum atomic E-state index is -3.01. The maximum atomic E-state index is 11.4. The number of piperazine rings is 1. The molecule has 0 unspecified atom stereocenters. The van der Waals surface area contributed by atoms with Gasteiger partial charge in [-0.2, -0.15) is 4.31 Å². The first kappa shape index (κ1) is 15.9. The van der Waals surface area contributed by atoms with E-state index in [1.807, 2.05) is 0 Å². The van der Waals surface area contributed by atoms with Gasteiger partial charge in [-0.15, -0.1) is 0 Å². The molecular weight excluding hydrogens is 250 g/mol. The molecule has 0 aromatic carbocycles. The normalized spacial score (nSPS) is 20.2. The zero-order valence-corrected chi connectivity index (χ0v) is 12.7. The zero-order valence-electron chi connectivity index (χ0n) is 11.9. The standard InChI is InChI=1S/C12H27N3O2S/c1-12(2,11-13)5-4-6-14-7-9-15(10-8-14)18(3,16)17/h4-11,13H2,1-3H3. The Morgan fingerprint density at radius 2 is 1.72 bits per heavy atom. The summed E-state index contributed by atoms with van der Waals surface area (Å²) in [5, 5.41) is 0. The minimum Gasteiger partial charge on any atom is -0.330 e. The SMILES string of the molecule is CC(C)(CN)CCCN1CCN(S(C)(=O)=O)CC1. The van der Waals surface area contributed by atoms with Crippen LogP contribution in [0.3, 0.4) is 0 Å². The second-order valence-electron chi connectivity index (χ2n) is 5.98. The number of hydrogen-bond donors (Lipinski definition) is 1. The van der Waals surface area contributed by atoms with Crippen LogP contribution in [-0.4, -0.2) is 63.1 Å². The molecule has 0 radical (unpaired) electrons. The molecule has 0 aromatic heterocycles. The van der Waals surface area contributed by atoms with Crippen LogP contribution >= 0.6 is 0 Å². The van der Waals surface area contributed by atoms with Crippen molar-refractivity contribution in [2.24, 2.45) is 11.1 Å². The van der Waals surface area contributed by atoms with Crippen LogP contribution in [0.5, 0.6) is 0 Å². The third-order valence-electron chi connectivity index (χ3n) is 3.68. The van der Waals surface area contributed by atoms with Crippen molar-refractivity contribution in [2.45, 2.75) is 26.7 Å². The molecule has 1 aliphatic heterocycles. The summed E-state index contributed by atoms with van der Waals surface area (Å²) in [7, 11) is -3.01. The lowest BCUT2D eigenvalue weighted by Crippen LogP contribution is -2.48. The van der Waals surface area contributed by atoms with Crippen LogP contribution in [0.15, 0.2) is 0 Å². The Hall–Kier alpha value is -0.170. The molecule has 6 heteroatoms. The summed E-state index contributed by atoms with van der Waals surface area (Å²) in [6, 6.07) is 0. The molecule has 1 fully saturated rings. The number of nitrogens with zero attached hydrogens (tertiary/aromatic N) is 2. The number of nitrogens with two attached hydrogens (primary N) is 1. The van der Waals surface area contributed by atoms with Gasteiger partial charge in [0.15, 0.2) is 0 Å². The Labute approximate surface area is 111 Å². The van der Waals surface area contributed by atoms with E-state index in [-0.39, 0.29) is 5.41 Å². The van der Waals surface area contributed by atoms with E-state index < -0.39 is 10.0 Å². The van der Waals surface area contributed by atoms with Crippen LogP contribution in [-0.2, 0) is 10.0 Å². The molecule has 0 spiro atoms. The Morgan fingerprint density at radius 1 is 1.17 bits per heavy atom. The van der Waals surface area contributed by atoms with Crippen molar-refractivity contribution in [1.82, 2.24) is 9.21 Å². The molecule has 0 amide bonds. The lowest BCUT2D eigenvalue weighted by molar-refractivity contribution is 0.178. The van der Waals surface area contributed by atoms with Gasteiger partial charge in [0, 0.05) is 26.2 Å². The molecule has 1 rings (SSSR count). The zero-order chi connectivity index (χ0) is 13.8. The fourth-order valence-corrected chi connectivity index (χ4v) is 2.99. The molecule has 0 aromatic rings. The molecule has 2 N–H and O–H groups in total. The van der Waals surface area contributed by atoms with E-state index >= 15 is 0 Å².